The van der Waals surface area contributed by atoms with Gasteiger partial charge in [0.1, 0.15) is 12.2 Å². The van der Waals surface area contributed by atoms with Gasteiger partial charge in [-0.25, -0.2) is 0 Å². The lowest BCUT2D eigenvalue weighted by Crippen LogP contribution is -2.46. The highest BCUT2D eigenvalue weighted by Crippen LogP contribution is 2.45. The summed E-state index contributed by atoms with van der Waals surface area (Å²) >= 11 is 6.46. The third-order valence-corrected chi connectivity index (χ3v) is 7.84. The maximum Gasteiger partial charge on any atom is 0.305 e. The Morgan fingerprint density at radius 3 is 2.48 bits per heavy atom. The number of nitrogens with zero attached hydrogens (tertiary/aromatic N) is 1. The number of carbonyl (C=O) groups is 3. The van der Waals surface area contributed by atoms with E-state index in [2.05, 4.69) is 5.32 Å². The van der Waals surface area contributed by atoms with E-state index in [1.165, 1.54) is 21.3 Å². The van der Waals surface area contributed by atoms with Crippen LogP contribution in [-0.2, 0) is 23.9 Å². The van der Waals surface area contributed by atoms with E-state index in [9.17, 15) is 24.6 Å². The minimum absolute atomic E-state index is 0.0975. The highest BCUT2D eigenvalue weighted by molar-refractivity contribution is 6.30. The normalized spacial score (nSPS) is 17.4. The standard InChI is InChI=1S/C32H43ClN2O9/c1-32(2,19-37)18-35-24-10-9-21(33)16-23(24)29(22-7-6-8-25(41-3)30(22)43-5)44-26(31(35)40)17-27(38)34-13-11-20(12-14-36)15-28(39)42-4/h6-10,16,20,26,29,36-37H,11-15,17-19H2,1-5H3,(H,34,38)/t20?,26-,29-/m1/s1. The number of nitrogens with one attached hydrogen (secondary N) is 1. The van der Waals surface area contributed by atoms with Gasteiger partial charge in [0.05, 0.1) is 27.8 Å². The molecule has 2 amide bonds. The quantitative estimate of drug-likeness (QED) is 0.250. The molecule has 0 saturated heterocycles. The van der Waals surface area contributed by atoms with Crippen molar-refractivity contribution in [1.82, 2.24) is 5.32 Å². The van der Waals surface area contributed by atoms with E-state index >= 15 is 0 Å². The highest BCUT2D eigenvalue weighted by Gasteiger charge is 2.40. The number of methoxy groups -OCH3 is 3. The number of hydrogen-bond acceptors (Lipinski definition) is 9. The number of fused-ring (bicyclic) bond motifs is 1. The molecule has 3 atom stereocenters. The van der Waals surface area contributed by atoms with Gasteiger partial charge in [-0.2, -0.15) is 0 Å². The maximum atomic E-state index is 14.2. The molecule has 1 heterocycles. The number of benzene rings is 2. The molecular formula is C32H43ClN2O9. The van der Waals surface area contributed by atoms with Crippen LogP contribution in [-0.4, -0.2) is 81.7 Å². The first-order valence-corrected chi connectivity index (χ1v) is 14.9. The van der Waals surface area contributed by atoms with Crippen LogP contribution < -0.4 is 19.7 Å². The Balaban J connectivity index is 1.98. The molecule has 0 saturated carbocycles. The molecule has 3 rings (SSSR count). The molecule has 2 aromatic rings. The van der Waals surface area contributed by atoms with Crippen molar-refractivity contribution in [3.63, 3.8) is 0 Å². The highest BCUT2D eigenvalue weighted by atomic mass is 35.5. The number of hydrogen-bond donors (Lipinski definition) is 3. The Bertz CT molecular complexity index is 1300. The molecule has 3 N–H and O–H groups in total. The molecule has 11 nitrogen and oxygen atoms in total. The van der Waals surface area contributed by atoms with Gasteiger partial charge >= 0.3 is 5.97 Å². The SMILES string of the molecule is COC(=O)CC(CCO)CCNC(=O)C[C@H]1O[C@H](c2cccc(OC)c2OC)c2cc(Cl)ccc2N(CC(C)(C)CO)C1=O. The van der Waals surface area contributed by atoms with Crippen LogP contribution in [0.2, 0.25) is 5.02 Å². The van der Waals surface area contributed by atoms with Crippen molar-refractivity contribution in [2.24, 2.45) is 11.3 Å². The van der Waals surface area contributed by atoms with Crippen molar-refractivity contribution in [1.29, 1.82) is 0 Å². The van der Waals surface area contributed by atoms with E-state index in [4.69, 9.17) is 30.5 Å². The number of rotatable bonds is 15. The summed E-state index contributed by atoms with van der Waals surface area (Å²) < 4.78 is 22.5. The monoisotopic (exact) mass is 634 g/mol. The van der Waals surface area contributed by atoms with Crippen LogP contribution in [0.1, 0.15) is 56.8 Å². The van der Waals surface area contributed by atoms with Gasteiger partial charge in [0.15, 0.2) is 11.5 Å². The number of halogens is 1. The molecule has 0 aromatic heterocycles. The molecule has 0 fully saturated rings. The molecule has 0 bridgehead atoms. The number of para-hydroxylation sites is 1. The van der Waals surface area contributed by atoms with Gasteiger partial charge in [0, 0.05) is 60.0 Å². The van der Waals surface area contributed by atoms with Crippen molar-refractivity contribution in [3.8, 4) is 11.5 Å². The second-order valence-electron chi connectivity index (χ2n) is 11.5. The maximum absolute atomic E-state index is 14.2. The molecule has 0 aliphatic carbocycles. The minimum atomic E-state index is -1.21. The smallest absolute Gasteiger partial charge is 0.305 e. The summed E-state index contributed by atoms with van der Waals surface area (Å²) in [5.74, 6) is -0.569. The van der Waals surface area contributed by atoms with Gasteiger partial charge in [0.2, 0.25) is 5.91 Å². The van der Waals surface area contributed by atoms with E-state index in [1.807, 2.05) is 13.8 Å². The summed E-state index contributed by atoms with van der Waals surface area (Å²) in [7, 11) is 4.33. The molecule has 1 unspecified atom stereocenters. The molecule has 2 aromatic carbocycles. The van der Waals surface area contributed by atoms with Gasteiger partial charge in [-0.1, -0.05) is 37.6 Å². The van der Waals surface area contributed by atoms with E-state index in [0.29, 0.717) is 46.2 Å². The van der Waals surface area contributed by atoms with Crippen molar-refractivity contribution >= 4 is 35.1 Å². The molecule has 0 spiro atoms. The average Bonchev–Trinajstić information content (AvgIpc) is 3.10. The van der Waals surface area contributed by atoms with Gasteiger partial charge in [-0.05, 0) is 43.0 Å². The lowest BCUT2D eigenvalue weighted by molar-refractivity contribution is -0.141. The van der Waals surface area contributed by atoms with Crippen molar-refractivity contribution in [3.05, 3.63) is 52.5 Å². The molecule has 44 heavy (non-hydrogen) atoms. The zero-order chi connectivity index (χ0) is 32.4. The second-order valence-corrected chi connectivity index (χ2v) is 12.0. The fourth-order valence-electron chi connectivity index (χ4n) is 5.21. The minimum Gasteiger partial charge on any atom is -0.493 e. The fraction of sp³-hybridized carbons (Fsp3) is 0.531. The number of anilines is 1. The Labute approximate surface area is 263 Å². The Morgan fingerprint density at radius 1 is 1.09 bits per heavy atom. The summed E-state index contributed by atoms with van der Waals surface area (Å²) in [5.41, 5.74) is 1.03. The lowest BCUT2D eigenvalue weighted by atomic mass is 9.92. The van der Waals surface area contributed by atoms with E-state index in [0.717, 1.165) is 0 Å². The van der Waals surface area contributed by atoms with Crippen LogP contribution >= 0.6 is 11.6 Å². The first kappa shape index (κ1) is 35.1. The van der Waals surface area contributed by atoms with Crippen molar-refractivity contribution in [2.45, 2.75) is 51.7 Å². The number of aliphatic hydroxyl groups excluding tert-OH is 2. The number of amides is 2. The van der Waals surface area contributed by atoms with Crippen LogP contribution in [0.5, 0.6) is 11.5 Å². The van der Waals surface area contributed by atoms with E-state index in [1.54, 1.807) is 41.3 Å². The first-order valence-electron chi connectivity index (χ1n) is 14.5. The zero-order valence-electron chi connectivity index (χ0n) is 25.9. The third kappa shape index (κ3) is 8.84. The van der Waals surface area contributed by atoms with Crippen molar-refractivity contribution < 1.29 is 43.5 Å². The van der Waals surface area contributed by atoms with Crippen LogP contribution in [0.15, 0.2) is 36.4 Å². The largest absolute Gasteiger partial charge is 0.493 e. The van der Waals surface area contributed by atoms with Crippen LogP contribution in [0.4, 0.5) is 5.69 Å². The first-order chi connectivity index (χ1) is 21.0. The van der Waals surface area contributed by atoms with Gasteiger partial charge in [-0.3, -0.25) is 14.4 Å². The number of ether oxygens (including phenoxy) is 4. The Morgan fingerprint density at radius 2 is 1.84 bits per heavy atom. The summed E-state index contributed by atoms with van der Waals surface area (Å²) in [6.07, 6.45) is -1.42. The Hall–Kier alpha value is -3.38. The summed E-state index contributed by atoms with van der Waals surface area (Å²) in [6.45, 7) is 3.77. The van der Waals surface area contributed by atoms with Gasteiger partial charge in [-0.15, -0.1) is 0 Å². The molecule has 1 aliphatic rings. The zero-order valence-corrected chi connectivity index (χ0v) is 26.7. The van der Waals surface area contributed by atoms with Gasteiger partial charge in [0.25, 0.3) is 5.91 Å². The molecule has 242 valence electrons. The average molecular weight is 635 g/mol. The summed E-state index contributed by atoms with van der Waals surface area (Å²) in [5, 5.41) is 22.7. The molecule has 12 heteroatoms. The van der Waals surface area contributed by atoms with Crippen LogP contribution in [0, 0.1) is 11.3 Å². The van der Waals surface area contributed by atoms with Crippen LogP contribution in [0.3, 0.4) is 0 Å². The molecular weight excluding hydrogens is 592 g/mol. The number of esters is 1. The topological polar surface area (TPSA) is 144 Å². The second kappa shape index (κ2) is 16.1. The van der Waals surface area contributed by atoms with E-state index in [-0.39, 0.29) is 45.1 Å². The third-order valence-electron chi connectivity index (χ3n) is 7.60. The Kier molecular flexibility index (Phi) is 12.8. The fourth-order valence-corrected chi connectivity index (χ4v) is 5.39. The van der Waals surface area contributed by atoms with Crippen molar-refractivity contribution in [2.75, 3.05) is 52.5 Å². The van der Waals surface area contributed by atoms with Gasteiger partial charge < -0.3 is 39.4 Å². The molecule has 0 radical (unpaired) electrons. The summed E-state index contributed by atoms with van der Waals surface area (Å²) in [6, 6.07) is 10.5. The van der Waals surface area contributed by atoms with Crippen LogP contribution in [0.25, 0.3) is 0 Å². The number of aliphatic hydroxyl groups is 2. The van der Waals surface area contributed by atoms with E-state index < -0.39 is 35.4 Å². The predicted octanol–water partition coefficient (Wildman–Crippen LogP) is 3.66. The summed E-state index contributed by atoms with van der Waals surface area (Å²) in [4.78, 5) is 40.7. The number of carbonyl (C=O) groups excluding carboxylic acids is 3. The predicted molar refractivity (Wildman–Crippen MR) is 165 cm³/mol. The lowest BCUT2D eigenvalue weighted by Gasteiger charge is -2.32. The molecule has 1 aliphatic heterocycles.